The standard InChI is InChI=1S/C20H28FN3O4Si/c1-20(2,3)18(28-29(4)5)13-9-22-24(10-13)17-7-6-14(8-16(17)21)23-11-15(12-25)27-19(23)26/h6-10,15,18,25,29H,11-12H2,1-5H3. The number of ether oxygens (including phenoxy) is 1. The van der Waals surface area contributed by atoms with Gasteiger partial charge in [0, 0.05) is 11.8 Å². The van der Waals surface area contributed by atoms with Gasteiger partial charge < -0.3 is 14.3 Å². The van der Waals surface area contributed by atoms with Crippen LogP contribution in [0.25, 0.3) is 5.69 Å². The van der Waals surface area contributed by atoms with Crippen LogP contribution in [0.3, 0.4) is 0 Å². The van der Waals surface area contributed by atoms with Crippen LogP contribution in [0.1, 0.15) is 32.4 Å². The zero-order valence-electron chi connectivity index (χ0n) is 17.4. The summed E-state index contributed by atoms with van der Waals surface area (Å²) in [6.07, 6.45) is 2.18. The molecule has 0 spiro atoms. The number of nitrogens with zero attached hydrogens (tertiary/aromatic N) is 3. The first-order chi connectivity index (χ1) is 13.6. The lowest BCUT2D eigenvalue weighted by Crippen LogP contribution is -2.25. The normalized spacial score (nSPS) is 18.4. The molecule has 3 rings (SSSR count). The van der Waals surface area contributed by atoms with Crippen LogP contribution in [-0.2, 0) is 9.16 Å². The zero-order valence-corrected chi connectivity index (χ0v) is 18.6. The molecule has 1 aromatic carbocycles. The number of hydrogen-bond acceptors (Lipinski definition) is 5. The molecular weight excluding hydrogens is 393 g/mol. The monoisotopic (exact) mass is 421 g/mol. The van der Waals surface area contributed by atoms with Gasteiger partial charge in [-0.15, -0.1) is 0 Å². The molecule has 9 heteroatoms. The number of aliphatic hydroxyl groups excluding tert-OH is 1. The van der Waals surface area contributed by atoms with Crippen LogP contribution < -0.4 is 4.90 Å². The Morgan fingerprint density at radius 2 is 2.14 bits per heavy atom. The van der Waals surface area contributed by atoms with E-state index in [1.807, 2.05) is 0 Å². The van der Waals surface area contributed by atoms with Crippen molar-refractivity contribution in [3.05, 3.63) is 42.0 Å². The lowest BCUT2D eigenvalue weighted by Gasteiger charge is -2.31. The number of aliphatic hydroxyl groups is 1. The Morgan fingerprint density at radius 1 is 1.41 bits per heavy atom. The van der Waals surface area contributed by atoms with E-state index < -0.39 is 27.1 Å². The number of aromatic nitrogens is 2. The molecule has 1 amide bonds. The minimum Gasteiger partial charge on any atom is -0.441 e. The lowest BCUT2D eigenvalue weighted by molar-refractivity contribution is 0.0866. The molecule has 2 heterocycles. The molecule has 0 bridgehead atoms. The van der Waals surface area contributed by atoms with Gasteiger partial charge in [0.25, 0.3) is 0 Å². The van der Waals surface area contributed by atoms with Crippen molar-refractivity contribution >= 4 is 20.8 Å². The maximum absolute atomic E-state index is 14.8. The minimum atomic E-state index is -1.28. The van der Waals surface area contributed by atoms with E-state index in [2.05, 4.69) is 39.0 Å². The van der Waals surface area contributed by atoms with E-state index in [4.69, 9.17) is 14.3 Å². The Bertz CT molecular complexity index is 881. The minimum absolute atomic E-state index is 0.118. The average Bonchev–Trinajstić information content (AvgIpc) is 3.25. The van der Waals surface area contributed by atoms with E-state index in [0.29, 0.717) is 5.69 Å². The van der Waals surface area contributed by atoms with Gasteiger partial charge in [0.15, 0.2) is 14.9 Å². The van der Waals surface area contributed by atoms with Crippen molar-refractivity contribution in [3.8, 4) is 5.69 Å². The number of cyclic esters (lactones) is 1. The number of anilines is 1. The Morgan fingerprint density at radius 3 is 2.69 bits per heavy atom. The third-order valence-electron chi connectivity index (χ3n) is 4.67. The molecule has 1 saturated heterocycles. The van der Waals surface area contributed by atoms with Crippen LogP contribution in [0.15, 0.2) is 30.6 Å². The van der Waals surface area contributed by atoms with E-state index in [9.17, 15) is 9.18 Å². The molecule has 29 heavy (non-hydrogen) atoms. The smallest absolute Gasteiger partial charge is 0.414 e. The van der Waals surface area contributed by atoms with Crippen molar-refractivity contribution in [2.75, 3.05) is 18.1 Å². The Balaban J connectivity index is 1.86. The number of hydrogen-bond donors (Lipinski definition) is 1. The van der Waals surface area contributed by atoms with Crippen molar-refractivity contribution in [2.45, 2.75) is 46.1 Å². The molecule has 1 aromatic heterocycles. The molecule has 0 saturated carbocycles. The van der Waals surface area contributed by atoms with Gasteiger partial charge in [-0.3, -0.25) is 4.90 Å². The van der Waals surface area contributed by atoms with Crippen molar-refractivity contribution in [1.29, 1.82) is 0 Å². The molecular formula is C20H28FN3O4Si. The van der Waals surface area contributed by atoms with Crippen molar-refractivity contribution in [3.63, 3.8) is 0 Å². The van der Waals surface area contributed by atoms with Crippen LogP contribution in [-0.4, -0.2) is 49.3 Å². The zero-order chi connectivity index (χ0) is 21.3. The van der Waals surface area contributed by atoms with Gasteiger partial charge in [-0.1, -0.05) is 20.8 Å². The number of benzene rings is 1. The second kappa shape index (κ2) is 8.25. The Labute approximate surface area is 171 Å². The van der Waals surface area contributed by atoms with Crippen molar-refractivity contribution in [1.82, 2.24) is 9.78 Å². The van der Waals surface area contributed by atoms with Gasteiger partial charge in [-0.2, -0.15) is 5.10 Å². The average molecular weight is 422 g/mol. The number of carbonyl (C=O) groups is 1. The van der Waals surface area contributed by atoms with Crippen molar-refractivity contribution < 1.29 is 23.5 Å². The topological polar surface area (TPSA) is 76.8 Å². The second-order valence-electron chi connectivity index (χ2n) is 8.58. The van der Waals surface area contributed by atoms with Gasteiger partial charge in [0.05, 0.1) is 31.1 Å². The summed E-state index contributed by atoms with van der Waals surface area (Å²) in [7, 11) is -1.28. The summed E-state index contributed by atoms with van der Waals surface area (Å²) in [6, 6.07) is 4.49. The fraction of sp³-hybridized carbons (Fsp3) is 0.500. The highest BCUT2D eigenvalue weighted by molar-refractivity contribution is 6.48. The summed E-state index contributed by atoms with van der Waals surface area (Å²) in [5.74, 6) is -0.510. The molecule has 0 aliphatic carbocycles. The van der Waals surface area contributed by atoms with Crippen LogP contribution >= 0.6 is 0 Å². The highest BCUT2D eigenvalue weighted by Gasteiger charge is 2.32. The van der Waals surface area contributed by atoms with E-state index in [0.717, 1.165) is 5.56 Å². The maximum Gasteiger partial charge on any atom is 0.414 e. The highest BCUT2D eigenvalue weighted by Crippen LogP contribution is 2.37. The molecule has 2 aromatic rings. The van der Waals surface area contributed by atoms with E-state index >= 15 is 0 Å². The number of halogens is 1. The fourth-order valence-corrected chi connectivity index (χ4v) is 4.45. The summed E-state index contributed by atoms with van der Waals surface area (Å²) in [4.78, 5) is 13.2. The van der Waals surface area contributed by atoms with Crippen LogP contribution in [0.5, 0.6) is 0 Å². The van der Waals surface area contributed by atoms with E-state index in [1.54, 1.807) is 24.5 Å². The van der Waals surface area contributed by atoms with E-state index in [1.165, 1.54) is 15.6 Å². The fourth-order valence-electron chi connectivity index (χ4n) is 3.34. The first kappa shape index (κ1) is 21.5. The predicted molar refractivity (Wildman–Crippen MR) is 110 cm³/mol. The highest BCUT2D eigenvalue weighted by atomic mass is 28.3. The molecule has 1 aliphatic rings. The van der Waals surface area contributed by atoms with Crippen LogP contribution in [0.2, 0.25) is 13.1 Å². The molecule has 1 aliphatic heterocycles. The SMILES string of the molecule is C[SiH](C)OC(c1cnn(-c2ccc(N3CC(CO)OC3=O)cc2F)c1)C(C)(C)C. The van der Waals surface area contributed by atoms with Crippen molar-refractivity contribution in [2.24, 2.45) is 5.41 Å². The van der Waals surface area contributed by atoms with Gasteiger partial charge in [-0.25, -0.2) is 13.9 Å². The molecule has 158 valence electrons. The number of carbonyl (C=O) groups excluding carboxylic acids is 1. The van der Waals surface area contributed by atoms with Gasteiger partial charge in [0.1, 0.15) is 11.8 Å². The van der Waals surface area contributed by atoms with E-state index in [-0.39, 0.29) is 30.4 Å². The van der Waals surface area contributed by atoms with Crippen LogP contribution in [0.4, 0.5) is 14.9 Å². The molecule has 2 unspecified atom stereocenters. The first-order valence-corrected chi connectivity index (χ1v) is 12.5. The largest absolute Gasteiger partial charge is 0.441 e. The molecule has 1 N–H and O–H groups in total. The summed E-state index contributed by atoms with van der Waals surface area (Å²) < 4.78 is 27.5. The molecule has 1 fully saturated rings. The first-order valence-electron chi connectivity index (χ1n) is 9.69. The third-order valence-corrected chi connectivity index (χ3v) is 5.48. The summed E-state index contributed by atoms with van der Waals surface area (Å²) in [5, 5.41) is 13.5. The number of amides is 1. The van der Waals surface area contributed by atoms with Gasteiger partial charge in [0.2, 0.25) is 0 Å². The Hall–Kier alpha value is -2.23. The molecule has 7 nitrogen and oxygen atoms in total. The van der Waals surface area contributed by atoms with Gasteiger partial charge in [-0.05, 0) is 36.7 Å². The summed E-state index contributed by atoms with van der Waals surface area (Å²) in [6.45, 7) is 10.5. The predicted octanol–water partition coefficient (Wildman–Crippen LogP) is 3.42. The number of rotatable bonds is 6. The maximum atomic E-state index is 14.8. The summed E-state index contributed by atoms with van der Waals surface area (Å²) in [5.41, 5.74) is 1.44. The third kappa shape index (κ3) is 4.68. The molecule has 2 atom stereocenters. The molecule has 0 radical (unpaired) electrons. The lowest BCUT2D eigenvalue weighted by atomic mass is 9.86. The van der Waals surface area contributed by atoms with Crippen LogP contribution in [0, 0.1) is 11.2 Å². The second-order valence-corrected chi connectivity index (χ2v) is 11.0. The quantitative estimate of drug-likeness (QED) is 0.724. The Kier molecular flexibility index (Phi) is 6.11. The summed E-state index contributed by atoms with van der Waals surface area (Å²) >= 11 is 0. The van der Waals surface area contributed by atoms with Gasteiger partial charge >= 0.3 is 6.09 Å².